The van der Waals surface area contributed by atoms with E-state index in [9.17, 15) is 5.11 Å². The summed E-state index contributed by atoms with van der Waals surface area (Å²) in [5, 5.41) is 9.90. The first-order valence-corrected chi connectivity index (χ1v) is 5.08. The average Bonchev–Trinajstić information content (AvgIpc) is 2.53. The Bertz CT molecular complexity index is 226. The fourth-order valence-electron chi connectivity index (χ4n) is 1.86. The molecule has 1 N–H and O–H groups in total. The molecule has 82 valence electrons. The van der Waals surface area contributed by atoms with E-state index in [0.717, 1.165) is 0 Å². The molecule has 2 aliphatic heterocycles. The maximum atomic E-state index is 9.90. The lowest BCUT2D eigenvalue weighted by Gasteiger charge is -2.25. The van der Waals surface area contributed by atoms with Crippen molar-refractivity contribution in [2.75, 3.05) is 0 Å². The van der Waals surface area contributed by atoms with Crippen LogP contribution in [0.3, 0.4) is 0 Å². The summed E-state index contributed by atoms with van der Waals surface area (Å²) in [4.78, 5) is 0. The molecular formula is C10H18O4. The van der Waals surface area contributed by atoms with Crippen molar-refractivity contribution < 1.29 is 19.3 Å². The summed E-state index contributed by atoms with van der Waals surface area (Å²) in [6, 6.07) is 0. The highest BCUT2D eigenvalue weighted by atomic mass is 16.8. The highest BCUT2D eigenvalue weighted by Gasteiger charge is 2.55. The quantitative estimate of drug-likeness (QED) is 0.685. The van der Waals surface area contributed by atoms with Crippen LogP contribution in [0.1, 0.15) is 27.7 Å². The number of aliphatic hydroxyl groups is 1. The molecule has 4 unspecified atom stereocenters. The molecule has 2 aliphatic rings. The van der Waals surface area contributed by atoms with Crippen LogP contribution in [0, 0.1) is 5.92 Å². The van der Waals surface area contributed by atoms with Crippen molar-refractivity contribution in [1.82, 2.24) is 0 Å². The van der Waals surface area contributed by atoms with Gasteiger partial charge in [-0.15, -0.1) is 0 Å². The highest BCUT2D eigenvalue weighted by Crippen LogP contribution is 2.39. The summed E-state index contributed by atoms with van der Waals surface area (Å²) in [7, 11) is 0. The SMILES string of the molecule is CC(C)C1OC2OC(C)(C)C(O)C2O1. The van der Waals surface area contributed by atoms with Crippen LogP contribution in [0.5, 0.6) is 0 Å². The zero-order valence-electron chi connectivity index (χ0n) is 9.06. The predicted octanol–water partition coefficient (Wildman–Crippen LogP) is 0.880. The lowest BCUT2D eigenvalue weighted by Crippen LogP contribution is -2.39. The van der Waals surface area contributed by atoms with Gasteiger partial charge in [0.1, 0.15) is 12.2 Å². The number of rotatable bonds is 1. The smallest absolute Gasteiger partial charge is 0.190 e. The summed E-state index contributed by atoms with van der Waals surface area (Å²) in [6.45, 7) is 7.71. The molecule has 0 aliphatic carbocycles. The van der Waals surface area contributed by atoms with Gasteiger partial charge in [0.2, 0.25) is 0 Å². The molecular weight excluding hydrogens is 184 g/mol. The second-order valence-corrected chi connectivity index (χ2v) is 4.88. The second-order valence-electron chi connectivity index (χ2n) is 4.88. The molecule has 0 amide bonds. The molecule has 2 saturated heterocycles. The van der Waals surface area contributed by atoms with E-state index in [4.69, 9.17) is 14.2 Å². The summed E-state index contributed by atoms with van der Waals surface area (Å²) >= 11 is 0. The molecule has 0 bridgehead atoms. The van der Waals surface area contributed by atoms with Gasteiger partial charge in [-0.1, -0.05) is 13.8 Å². The highest BCUT2D eigenvalue weighted by molar-refractivity contribution is 4.97. The first-order chi connectivity index (χ1) is 6.42. The number of ether oxygens (including phenoxy) is 3. The van der Waals surface area contributed by atoms with Gasteiger partial charge in [-0.05, 0) is 13.8 Å². The molecule has 0 spiro atoms. The minimum atomic E-state index is -0.615. The summed E-state index contributed by atoms with van der Waals surface area (Å²) in [5.74, 6) is 0.277. The van der Waals surface area contributed by atoms with Crippen molar-refractivity contribution >= 4 is 0 Å². The Labute approximate surface area is 84.1 Å². The van der Waals surface area contributed by atoms with E-state index in [1.54, 1.807) is 0 Å². The zero-order chi connectivity index (χ0) is 10.5. The monoisotopic (exact) mass is 202 g/mol. The van der Waals surface area contributed by atoms with Crippen LogP contribution >= 0.6 is 0 Å². The normalized spacial score (nSPS) is 45.9. The summed E-state index contributed by atoms with van der Waals surface area (Å²) in [5.41, 5.74) is -0.572. The molecule has 2 heterocycles. The number of hydrogen-bond acceptors (Lipinski definition) is 4. The molecule has 4 atom stereocenters. The van der Waals surface area contributed by atoms with Crippen LogP contribution in [0.25, 0.3) is 0 Å². The van der Waals surface area contributed by atoms with Gasteiger partial charge in [0, 0.05) is 5.92 Å². The number of hydrogen-bond donors (Lipinski definition) is 1. The summed E-state index contributed by atoms with van der Waals surface area (Å²) < 4.78 is 16.7. The molecule has 4 heteroatoms. The number of fused-ring (bicyclic) bond motifs is 1. The van der Waals surface area contributed by atoms with E-state index in [1.807, 2.05) is 27.7 Å². The van der Waals surface area contributed by atoms with Gasteiger partial charge in [0.15, 0.2) is 12.6 Å². The van der Waals surface area contributed by atoms with Gasteiger partial charge in [0.25, 0.3) is 0 Å². The van der Waals surface area contributed by atoms with Crippen molar-refractivity contribution in [3.63, 3.8) is 0 Å². The van der Waals surface area contributed by atoms with E-state index in [0.29, 0.717) is 0 Å². The fraction of sp³-hybridized carbons (Fsp3) is 1.00. The van der Waals surface area contributed by atoms with Gasteiger partial charge in [0.05, 0.1) is 5.60 Å². The third-order valence-corrected chi connectivity index (χ3v) is 2.82. The minimum Gasteiger partial charge on any atom is -0.387 e. The van der Waals surface area contributed by atoms with E-state index in [2.05, 4.69) is 0 Å². The maximum Gasteiger partial charge on any atom is 0.190 e. The Kier molecular flexibility index (Phi) is 2.34. The third kappa shape index (κ3) is 1.46. The molecule has 4 nitrogen and oxygen atoms in total. The van der Waals surface area contributed by atoms with Gasteiger partial charge in [-0.2, -0.15) is 0 Å². The lowest BCUT2D eigenvalue weighted by atomic mass is 10.0. The van der Waals surface area contributed by atoms with Crippen molar-refractivity contribution in [2.45, 2.75) is 58.1 Å². The molecule has 0 aromatic rings. The topological polar surface area (TPSA) is 47.9 Å². The van der Waals surface area contributed by atoms with Gasteiger partial charge < -0.3 is 19.3 Å². The zero-order valence-corrected chi connectivity index (χ0v) is 9.06. The Morgan fingerprint density at radius 2 is 1.86 bits per heavy atom. The molecule has 2 rings (SSSR count). The first kappa shape index (κ1) is 10.4. The van der Waals surface area contributed by atoms with Crippen molar-refractivity contribution in [2.24, 2.45) is 5.92 Å². The van der Waals surface area contributed by atoms with Crippen molar-refractivity contribution in [1.29, 1.82) is 0 Å². The minimum absolute atomic E-state index is 0.254. The lowest BCUT2D eigenvalue weighted by molar-refractivity contribution is -0.204. The van der Waals surface area contributed by atoms with Gasteiger partial charge in [-0.25, -0.2) is 0 Å². The van der Waals surface area contributed by atoms with Gasteiger partial charge in [-0.3, -0.25) is 0 Å². The Hall–Kier alpha value is -0.160. The molecule has 0 aromatic carbocycles. The van der Waals surface area contributed by atoms with E-state index in [1.165, 1.54) is 0 Å². The van der Waals surface area contributed by atoms with Crippen LogP contribution in [0.2, 0.25) is 0 Å². The van der Waals surface area contributed by atoms with E-state index < -0.39 is 18.0 Å². The predicted molar refractivity (Wildman–Crippen MR) is 49.5 cm³/mol. The van der Waals surface area contributed by atoms with Crippen LogP contribution in [-0.4, -0.2) is 35.5 Å². The average molecular weight is 202 g/mol. The second kappa shape index (κ2) is 3.17. The summed E-state index contributed by atoms with van der Waals surface area (Å²) in [6.07, 6.45) is -1.61. The van der Waals surface area contributed by atoms with Crippen molar-refractivity contribution in [3.05, 3.63) is 0 Å². The van der Waals surface area contributed by atoms with Crippen LogP contribution in [-0.2, 0) is 14.2 Å². The first-order valence-electron chi connectivity index (χ1n) is 5.08. The Balaban J connectivity index is 2.06. The molecule has 0 saturated carbocycles. The Morgan fingerprint density at radius 1 is 1.21 bits per heavy atom. The largest absolute Gasteiger partial charge is 0.387 e. The standard InChI is InChI=1S/C10H18O4/c1-5(2)8-12-6-7(11)10(3,4)14-9(6)13-8/h5-9,11H,1-4H3. The van der Waals surface area contributed by atoms with Crippen LogP contribution in [0.15, 0.2) is 0 Å². The third-order valence-electron chi connectivity index (χ3n) is 2.82. The maximum absolute atomic E-state index is 9.90. The molecule has 2 fully saturated rings. The van der Waals surface area contributed by atoms with E-state index >= 15 is 0 Å². The van der Waals surface area contributed by atoms with Gasteiger partial charge >= 0.3 is 0 Å². The molecule has 0 radical (unpaired) electrons. The Morgan fingerprint density at radius 3 is 2.36 bits per heavy atom. The van der Waals surface area contributed by atoms with Crippen LogP contribution < -0.4 is 0 Å². The van der Waals surface area contributed by atoms with E-state index in [-0.39, 0.29) is 18.3 Å². The fourth-order valence-corrected chi connectivity index (χ4v) is 1.86. The molecule has 14 heavy (non-hydrogen) atoms. The number of aliphatic hydroxyl groups excluding tert-OH is 1. The van der Waals surface area contributed by atoms with Crippen LogP contribution in [0.4, 0.5) is 0 Å². The van der Waals surface area contributed by atoms with Crippen molar-refractivity contribution in [3.8, 4) is 0 Å². The molecule has 0 aromatic heterocycles.